The van der Waals surface area contributed by atoms with Gasteiger partial charge in [0.1, 0.15) is 0 Å². The molecule has 1 aromatic rings. The van der Waals surface area contributed by atoms with Crippen LogP contribution in [-0.2, 0) is 0 Å². The predicted molar refractivity (Wildman–Crippen MR) is 32.8 cm³/mol. The molecule has 0 bridgehead atoms. The van der Waals surface area contributed by atoms with Gasteiger partial charge in [0.05, 0.1) is 5.56 Å². The molecule has 0 spiro atoms. The minimum atomic E-state index is -1.07. The molecule has 0 aromatic heterocycles. The summed E-state index contributed by atoms with van der Waals surface area (Å²) in [6.45, 7) is 0. The van der Waals surface area contributed by atoms with Gasteiger partial charge in [-0.15, -0.1) is 5.75 Å². The number of carboxylic acids is 1. The number of carbonyl (C=O) groups is 1. The normalized spacial score (nSPS) is 7.67. The number of hydrogen-bond donors (Lipinski definition) is 1. The Balaban J connectivity index is 0. The summed E-state index contributed by atoms with van der Waals surface area (Å²) < 4.78 is 0. The monoisotopic (exact) mass is 215 g/mol. The Labute approximate surface area is 155 Å². The molecule has 0 aliphatic carbocycles. The van der Waals surface area contributed by atoms with Crippen LogP contribution in [0.5, 0.6) is 5.75 Å². The van der Waals surface area contributed by atoms with Crippen molar-refractivity contribution < 1.29 is 118 Å². The Morgan fingerprint density at radius 3 is 2.25 bits per heavy atom. The van der Waals surface area contributed by atoms with Crippen LogP contribution in [-0.4, -0.2) is 11.1 Å². The molecule has 0 unspecified atom stereocenters. The smallest absolute Gasteiger partial charge is 0.872 e. The van der Waals surface area contributed by atoms with Gasteiger partial charge >= 0.3 is 109 Å². The van der Waals surface area contributed by atoms with E-state index in [2.05, 4.69) is 0 Å². The first kappa shape index (κ1) is 16.2. The Morgan fingerprint density at radius 2 is 1.92 bits per heavy atom. The molecule has 1 rings (SSSR count). The van der Waals surface area contributed by atoms with E-state index in [-0.39, 0.29) is 114 Å². The van der Waals surface area contributed by atoms with E-state index in [4.69, 9.17) is 5.11 Å². The van der Waals surface area contributed by atoms with Gasteiger partial charge in [0.25, 0.3) is 0 Å². The molecule has 1 aromatic carbocycles. The van der Waals surface area contributed by atoms with Crippen molar-refractivity contribution in [1.29, 1.82) is 0 Å². The SMILES string of the molecule is O=C(O)c1cccc([O-])c1.[K+].[K+]. The molecule has 0 saturated heterocycles. The first-order chi connectivity index (χ1) is 4.70. The molecular weight excluding hydrogens is 210 g/mol. The van der Waals surface area contributed by atoms with E-state index < -0.39 is 5.97 Å². The summed E-state index contributed by atoms with van der Waals surface area (Å²) in [6.07, 6.45) is 0. The summed E-state index contributed by atoms with van der Waals surface area (Å²) in [5.74, 6) is -1.35. The van der Waals surface area contributed by atoms with Crippen LogP contribution in [0.4, 0.5) is 0 Å². The number of rotatable bonds is 1. The Morgan fingerprint density at radius 1 is 1.33 bits per heavy atom. The average molecular weight is 215 g/mol. The van der Waals surface area contributed by atoms with Gasteiger partial charge in [0.15, 0.2) is 0 Å². The van der Waals surface area contributed by atoms with Crippen molar-refractivity contribution in [3.63, 3.8) is 0 Å². The first-order valence-electron chi connectivity index (χ1n) is 2.70. The third-order valence-corrected chi connectivity index (χ3v) is 1.08. The topological polar surface area (TPSA) is 60.4 Å². The third kappa shape index (κ3) is 5.48. The van der Waals surface area contributed by atoms with Crippen molar-refractivity contribution in [3.05, 3.63) is 29.8 Å². The van der Waals surface area contributed by atoms with E-state index in [9.17, 15) is 9.90 Å². The van der Waals surface area contributed by atoms with Gasteiger partial charge < -0.3 is 10.2 Å². The fourth-order valence-corrected chi connectivity index (χ4v) is 0.629. The van der Waals surface area contributed by atoms with Crippen LogP contribution in [0, 0.1) is 0 Å². The van der Waals surface area contributed by atoms with Crippen LogP contribution in [0.2, 0.25) is 0 Å². The maximum absolute atomic E-state index is 10.5. The van der Waals surface area contributed by atoms with Gasteiger partial charge in [-0.25, -0.2) is 4.79 Å². The zero-order valence-corrected chi connectivity index (χ0v) is 13.3. The van der Waals surface area contributed by atoms with Crippen molar-refractivity contribution in [2.24, 2.45) is 0 Å². The number of aromatic carboxylic acids is 1. The largest absolute Gasteiger partial charge is 1.00 e. The van der Waals surface area contributed by atoms with Gasteiger partial charge in [0.2, 0.25) is 0 Å². The molecule has 0 fully saturated rings. The number of hydrogen-bond acceptors (Lipinski definition) is 2. The van der Waals surface area contributed by atoms with E-state index in [0.717, 1.165) is 6.07 Å². The van der Waals surface area contributed by atoms with Gasteiger partial charge in [-0.05, 0) is 6.07 Å². The van der Waals surface area contributed by atoms with E-state index in [1.165, 1.54) is 18.2 Å². The molecule has 3 nitrogen and oxygen atoms in total. The van der Waals surface area contributed by atoms with Gasteiger partial charge in [0, 0.05) is 0 Å². The van der Waals surface area contributed by atoms with Crippen molar-refractivity contribution in [1.82, 2.24) is 0 Å². The molecule has 5 heteroatoms. The van der Waals surface area contributed by atoms with E-state index in [1.807, 2.05) is 0 Å². The van der Waals surface area contributed by atoms with Crippen LogP contribution < -0.4 is 108 Å². The molecule has 0 saturated carbocycles. The number of carboxylic acid groups (broad SMARTS) is 1. The van der Waals surface area contributed by atoms with E-state index in [0.29, 0.717) is 0 Å². The molecule has 1 N–H and O–H groups in total. The van der Waals surface area contributed by atoms with Crippen LogP contribution in [0.1, 0.15) is 10.4 Å². The molecule has 0 heterocycles. The minimum absolute atomic E-state index is 0. The predicted octanol–water partition coefficient (Wildman–Crippen LogP) is -5.53. The molecule has 12 heavy (non-hydrogen) atoms. The van der Waals surface area contributed by atoms with E-state index in [1.54, 1.807) is 0 Å². The second-order valence-corrected chi connectivity index (χ2v) is 1.83. The fourth-order valence-electron chi connectivity index (χ4n) is 0.629. The van der Waals surface area contributed by atoms with Gasteiger partial charge in [-0.2, -0.15) is 0 Å². The molecule has 0 aliphatic rings. The fraction of sp³-hybridized carbons (Fsp3) is 0. The van der Waals surface area contributed by atoms with E-state index >= 15 is 0 Å². The second-order valence-electron chi connectivity index (χ2n) is 1.83. The molecule has 0 amide bonds. The van der Waals surface area contributed by atoms with Crippen molar-refractivity contribution in [2.75, 3.05) is 0 Å². The van der Waals surface area contributed by atoms with Crippen molar-refractivity contribution in [2.45, 2.75) is 0 Å². The molecule has 0 radical (unpaired) electrons. The van der Waals surface area contributed by atoms with Crippen LogP contribution >= 0.6 is 0 Å². The first-order valence-corrected chi connectivity index (χ1v) is 2.70. The van der Waals surface area contributed by atoms with Crippen molar-refractivity contribution in [3.8, 4) is 5.75 Å². The van der Waals surface area contributed by atoms with Crippen LogP contribution in [0.3, 0.4) is 0 Å². The molecule has 52 valence electrons. The summed E-state index contributed by atoms with van der Waals surface area (Å²) in [7, 11) is 0. The summed E-state index contributed by atoms with van der Waals surface area (Å²) in [4.78, 5) is 10.2. The standard InChI is InChI=1S/C7H6O3.2K/c8-6-3-1-2-5(4-6)7(9)10;;/h1-4,8H,(H,9,10);;/q;2*+1/p-1. The zero-order chi connectivity index (χ0) is 7.56. The summed E-state index contributed by atoms with van der Waals surface area (Å²) >= 11 is 0. The van der Waals surface area contributed by atoms with Crippen LogP contribution in [0.15, 0.2) is 24.3 Å². The summed E-state index contributed by atoms with van der Waals surface area (Å²) in [5.41, 5.74) is 0.0347. The van der Waals surface area contributed by atoms with Crippen molar-refractivity contribution >= 4 is 5.97 Å². The average Bonchev–Trinajstić information content (AvgIpc) is 1.88. The Hall–Kier alpha value is 1.76. The van der Waals surface area contributed by atoms with Crippen LogP contribution in [0.25, 0.3) is 0 Å². The summed E-state index contributed by atoms with van der Waals surface area (Å²) in [6, 6.07) is 5.20. The molecular formula is C7H5K2O3+. The quantitative estimate of drug-likeness (QED) is 0.475. The Bertz CT molecular complexity index is 263. The third-order valence-electron chi connectivity index (χ3n) is 1.08. The second kappa shape index (κ2) is 8.10. The maximum atomic E-state index is 10.5. The maximum Gasteiger partial charge on any atom is 1.00 e. The zero-order valence-electron chi connectivity index (χ0n) is 7.07. The Kier molecular flexibility index (Phi) is 10.9. The van der Waals surface area contributed by atoms with Gasteiger partial charge in [-0.3, -0.25) is 0 Å². The number of benzene rings is 1. The minimum Gasteiger partial charge on any atom is -0.872 e. The van der Waals surface area contributed by atoms with Gasteiger partial charge in [-0.1, -0.05) is 18.2 Å². The summed E-state index contributed by atoms with van der Waals surface area (Å²) in [5, 5.41) is 18.9. The molecule has 0 aliphatic heterocycles. The molecule has 0 atom stereocenters.